The molecule has 82 valence electrons. The number of benzene rings is 2. The van der Waals surface area contributed by atoms with Gasteiger partial charge in [-0.1, -0.05) is 42.5 Å². The van der Waals surface area contributed by atoms with Crippen molar-refractivity contribution < 1.29 is 10.2 Å². The molecule has 1 fully saturated rings. The molecule has 0 radical (unpaired) electrons. The lowest BCUT2D eigenvalue weighted by atomic mass is 9.74. The van der Waals surface area contributed by atoms with E-state index in [9.17, 15) is 10.2 Å². The third-order valence-electron chi connectivity index (χ3n) is 3.50. The maximum absolute atomic E-state index is 9.65. The van der Waals surface area contributed by atoms with Gasteiger partial charge in [-0.15, -0.1) is 0 Å². The van der Waals surface area contributed by atoms with Gasteiger partial charge in [0, 0.05) is 5.92 Å². The van der Waals surface area contributed by atoms with Crippen molar-refractivity contribution in [3.63, 3.8) is 0 Å². The molecule has 0 aliphatic heterocycles. The zero-order valence-corrected chi connectivity index (χ0v) is 8.88. The summed E-state index contributed by atoms with van der Waals surface area (Å²) in [5.41, 5.74) is 1.12. The Kier molecular flexibility index (Phi) is 2.20. The standard InChI is InChI=1S/C14H14O2/c15-13-8-12(14(13)16)11-6-5-9-3-1-2-4-10(9)7-11/h1-7,12-16H,8H2. The minimum atomic E-state index is -0.596. The predicted molar refractivity (Wildman–Crippen MR) is 63.3 cm³/mol. The van der Waals surface area contributed by atoms with E-state index >= 15 is 0 Å². The Hall–Kier alpha value is -1.38. The van der Waals surface area contributed by atoms with Crippen LogP contribution in [0.4, 0.5) is 0 Å². The molecule has 2 nitrogen and oxygen atoms in total. The molecule has 2 aromatic carbocycles. The molecule has 1 aliphatic carbocycles. The molecule has 2 N–H and O–H groups in total. The largest absolute Gasteiger partial charge is 0.390 e. The van der Waals surface area contributed by atoms with Gasteiger partial charge in [0.05, 0.1) is 12.2 Å². The van der Waals surface area contributed by atoms with E-state index in [0.717, 1.165) is 5.56 Å². The van der Waals surface area contributed by atoms with Crippen molar-refractivity contribution in [2.45, 2.75) is 24.5 Å². The lowest BCUT2D eigenvalue weighted by Crippen LogP contribution is -2.44. The first-order valence-corrected chi connectivity index (χ1v) is 5.60. The molecule has 0 saturated heterocycles. The van der Waals surface area contributed by atoms with Gasteiger partial charge in [-0.25, -0.2) is 0 Å². The quantitative estimate of drug-likeness (QED) is 0.762. The minimum absolute atomic E-state index is 0.0969. The highest BCUT2D eigenvalue weighted by Crippen LogP contribution is 2.38. The van der Waals surface area contributed by atoms with Gasteiger partial charge in [-0.3, -0.25) is 0 Å². The molecular weight excluding hydrogens is 200 g/mol. The molecule has 0 spiro atoms. The molecule has 2 heteroatoms. The first-order chi connectivity index (χ1) is 7.75. The SMILES string of the molecule is OC1CC(c2ccc3ccccc3c2)C1O. The lowest BCUT2D eigenvalue weighted by Gasteiger charge is -2.38. The molecule has 0 bridgehead atoms. The van der Waals surface area contributed by atoms with Gasteiger partial charge < -0.3 is 10.2 Å². The normalized spacial score (nSPS) is 29.0. The second-order valence-corrected chi connectivity index (χ2v) is 4.51. The van der Waals surface area contributed by atoms with E-state index in [4.69, 9.17) is 0 Å². The summed E-state index contributed by atoms with van der Waals surface area (Å²) < 4.78 is 0. The van der Waals surface area contributed by atoms with Crippen molar-refractivity contribution in [2.24, 2.45) is 0 Å². The zero-order chi connectivity index (χ0) is 11.1. The van der Waals surface area contributed by atoms with Crippen LogP contribution in [-0.4, -0.2) is 22.4 Å². The fourth-order valence-corrected chi connectivity index (χ4v) is 2.38. The number of hydrogen-bond donors (Lipinski definition) is 2. The Morgan fingerprint density at radius 2 is 1.69 bits per heavy atom. The molecule has 0 heterocycles. The molecule has 0 aromatic heterocycles. The molecule has 3 atom stereocenters. The number of aliphatic hydroxyl groups excluding tert-OH is 2. The van der Waals surface area contributed by atoms with Gasteiger partial charge in [-0.05, 0) is 22.8 Å². The first-order valence-electron chi connectivity index (χ1n) is 5.60. The second kappa shape index (κ2) is 3.58. The summed E-state index contributed by atoms with van der Waals surface area (Å²) in [4.78, 5) is 0. The highest BCUT2D eigenvalue weighted by Gasteiger charge is 2.39. The van der Waals surface area contributed by atoms with Crippen molar-refractivity contribution in [1.82, 2.24) is 0 Å². The van der Waals surface area contributed by atoms with Gasteiger partial charge >= 0.3 is 0 Å². The van der Waals surface area contributed by atoms with Crippen LogP contribution in [0.2, 0.25) is 0 Å². The van der Waals surface area contributed by atoms with Gasteiger partial charge in [0.15, 0.2) is 0 Å². The number of rotatable bonds is 1. The highest BCUT2D eigenvalue weighted by molar-refractivity contribution is 5.83. The summed E-state index contributed by atoms with van der Waals surface area (Å²) in [6, 6.07) is 14.4. The van der Waals surface area contributed by atoms with E-state index in [-0.39, 0.29) is 5.92 Å². The van der Waals surface area contributed by atoms with E-state index in [1.165, 1.54) is 10.8 Å². The first kappa shape index (κ1) is 9.82. The molecule has 1 saturated carbocycles. The summed E-state index contributed by atoms with van der Waals surface area (Å²) in [5, 5.41) is 21.4. The van der Waals surface area contributed by atoms with Crippen molar-refractivity contribution >= 4 is 10.8 Å². The van der Waals surface area contributed by atoms with E-state index in [1.54, 1.807) is 0 Å². The van der Waals surface area contributed by atoms with Crippen LogP contribution < -0.4 is 0 Å². The van der Waals surface area contributed by atoms with Crippen LogP contribution in [0.3, 0.4) is 0 Å². The van der Waals surface area contributed by atoms with Crippen molar-refractivity contribution in [2.75, 3.05) is 0 Å². The number of aliphatic hydroxyl groups is 2. The molecule has 1 aliphatic rings. The van der Waals surface area contributed by atoms with Crippen LogP contribution in [0.15, 0.2) is 42.5 Å². The van der Waals surface area contributed by atoms with E-state index in [1.807, 2.05) is 18.2 Å². The fourth-order valence-electron chi connectivity index (χ4n) is 2.38. The van der Waals surface area contributed by atoms with Crippen LogP contribution in [0.25, 0.3) is 10.8 Å². The average Bonchev–Trinajstić information content (AvgIpc) is 2.35. The van der Waals surface area contributed by atoms with Crippen LogP contribution in [-0.2, 0) is 0 Å². The second-order valence-electron chi connectivity index (χ2n) is 4.51. The van der Waals surface area contributed by atoms with E-state index < -0.39 is 12.2 Å². The van der Waals surface area contributed by atoms with Crippen molar-refractivity contribution in [1.29, 1.82) is 0 Å². The van der Waals surface area contributed by atoms with Crippen LogP contribution >= 0.6 is 0 Å². The monoisotopic (exact) mass is 214 g/mol. The van der Waals surface area contributed by atoms with Gasteiger partial charge in [0.1, 0.15) is 0 Å². The predicted octanol–water partition coefficient (Wildman–Crippen LogP) is 2.05. The van der Waals surface area contributed by atoms with Gasteiger partial charge in [0.25, 0.3) is 0 Å². The minimum Gasteiger partial charge on any atom is -0.390 e. The smallest absolute Gasteiger partial charge is 0.0868 e. The summed E-state index contributed by atoms with van der Waals surface area (Å²) in [6.07, 6.45) is -0.475. The molecular formula is C14H14O2. The molecule has 2 aromatic rings. The van der Waals surface area contributed by atoms with Crippen LogP contribution in [0, 0.1) is 0 Å². The topological polar surface area (TPSA) is 40.5 Å². The van der Waals surface area contributed by atoms with Crippen molar-refractivity contribution in [3.8, 4) is 0 Å². The number of fused-ring (bicyclic) bond motifs is 1. The Bertz CT molecular complexity index is 521. The summed E-state index contributed by atoms with van der Waals surface area (Å²) in [7, 11) is 0. The Morgan fingerprint density at radius 1 is 0.938 bits per heavy atom. The van der Waals surface area contributed by atoms with Gasteiger partial charge in [0.2, 0.25) is 0 Å². The Morgan fingerprint density at radius 3 is 2.38 bits per heavy atom. The summed E-state index contributed by atoms with van der Waals surface area (Å²) in [5.74, 6) is 0.0969. The molecule has 3 rings (SSSR count). The zero-order valence-electron chi connectivity index (χ0n) is 8.88. The lowest BCUT2D eigenvalue weighted by molar-refractivity contribution is -0.0718. The fraction of sp³-hybridized carbons (Fsp3) is 0.286. The van der Waals surface area contributed by atoms with Crippen LogP contribution in [0.5, 0.6) is 0 Å². The average molecular weight is 214 g/mol. The summed E-state index contributed by atoms with van der Waals surface area (Å²) >= 11 is 0. The highest BCUT2D eigenvalue weighted by atomic mass is 16.3. The maximum Gasteiger partial charge on any atom is 0.0868 e. The number of hydrogen-bond acceptors (Lipinski definition) is 2. The van der Waals surface area contributed by atoms with Gasteiger partial charge in [-0.2, -0.15) is 0 Å². The molecule has 3 unspecified atom stereocenters. The van der Waals surface area contributed by atoms with Crippen LogP contribution in [0.1, 0.15) is 17.9 Å². The molecule has 16 heavy (non-hydrogen) atoms. The van der Waals surface area contributed by atoms with Crippen molar-refractivity contribution in [3.05, 3.63) is 48.0 Å². The molecule has 0 amide bonds. The van der Waals surface area contributed by atoms with E-state index in [2.05, 4.69) is 24.3 Å². The van der Waals surface area contributed by atoms with E-state index in [0.29, 0.717) is 6.42 Å². The Balaban J connectivity index is 2.00. The summed E-state index contributed by atoms with van der Waals surface area (Å²) in [6.45, 7) is 0. The Labute approximate surface area is 94.2 Å². The third kappa shape index (κ3) is 1.42. The maximum atomic E-state index is 9.65. The third-order valence-corrected chi connectivity index (χ3v) is 3.50.